The molecule has 0 saturated carbocycles. The van der Waals surface area contributed by atoms with Crippen LogP contribution < -0.4 is 0 Å². The smallest absolute Gasteiger partial charge is 0.274 e. The number of aliphatic imine (C=N–C) groups is 1. The Bertz CT molecular complexity index is 657. The summed E-state index contributed by atoms with van der Waals surface area (Å²) in [6, 6.07) is 0. The van der Waals surface area contributed by atoms with Crippen LogP contribution in [0.3, 0.4) is 0 Å². The molecule has 7 heteroatoms. The van der Waals surface area contributed by atoms with Crippen molar-refractivity contribution in [3.05, 3.63) is 17.0 Å². The van der Waals surface area contributed by atoms with Gasteiger partial charge in [0.2, 0.25) is 0 Å². The second-order valence-electron chi connectivity index (χ2n) is 7.12. The Morgan fingerprint density at radius 3 is 2.70 bits per heavy atom. The fraction of sp³-hybridized carbons (Fsp3) is 0.688. The number of aromatic nitrogens is 2. The Morgan fingerprint density at radius 1 is 1.22 bits per heavy atom. The number of piperazine rings is 1. The highest BCUT2D eigenvalue weighted by molar-refractivity contribution is 8.15. The first-order chi connectivity index (χ1) is 11.0. The lowest BCUT2D eigenvalue weighted by molar-refractivity contribution is 0.0686. The first-order valence-electron chi connectivity index (χ1n) is 8.37. The molecule has 4 rings (SSSR count). The highest BCUT2D eigenvalue weighted by atomic mass is 32.2. The van der Waals surface area contributed by atoms with Crippen molar-refractivity contribution in [1.82, 2.24) is 20.0 Å². The molecule has 0 aromatic carbocycles. The molecule has 0 unspecified atom stereocenters. The largest absolute Gasteiger partial charge is 0.348 e. The van der Waals surface area contributed by atoms with E-state index in [1.54, 1.807) is 0 Å². The monoisotopic (exact) mass is 333 g/mol. The van der Waals surface area contributed by atoms with Crippen LogP contribution in [-0.2, 0) is 12.8 Å². The van der Waals surface area contributed by atoms with E-state index < -0.39 is 0 Å². The third kappa shape index (κ3) is 2.75. The van der Waals surface area contributed by atoms with Crippen LogP contribution in [0, 0.1) is 0 Å². The van der Waals surface area contributed by atoms with Crippen LogP contribution >= 0.6 is 11.8 Å². The summed E-state index contributed by atoms with van der Waals surface area (Å²) in [7, 11) is 0. The third-order valence-electron chi connectivity index (χ3n) is 4.81. The zero-order valence-electron chi connectivity index (χ0n) is 13.8. The molecule has 124 valence electrons. The second-order valence-corrected chi connectivity index (χ2v) is 8.80. The quantitative estimate of drug-likeness (QED) is 0.847. The first kappa shape index (κ1) is 15.1. The van der Waals surface area contributed by atoms with E-state index in [9.17, 15) is 4.79 Å². The molecule has 3 heterocycles. The summed E-state index contributed by atoms with van der Waals surface area (Å²) >= 11 is 1.85. The van der Waals surface area contributed by atoms with Crippen molar-refractivity contribution in [2.75, 3.05) is 32.7 Å². The van der Waals surface area contributed by atoms with E-state index >= 15 is 0 Å². The van der Waals surface area contributed by atoms with Crippen molar-refractivity contribution < 1.29 is 4.79 Å². The molecule has 0 atom stereocenters. The number of rotatable bonds is 1. The van der Waals surface area contributed by atoms with Gasteiger partial charge >= 0.3 is 0 Å². The molecule has 6 nitrogen and oxygen atoms in total. The highest BCUT2D eigenvalue weighted by Gasteiger charge is 2.33. The number of fused-ring (bicyclic) bond motifs is 1. The fourth-order valence-corrected chi connectivity index (χ4v) is 4.55. The molecule has 1 aromatic rings. The molecule has 1 N–H and O–H groups in total. The van der Waals surface area contributed by atoms with Crippen molar-refractivity contribution in [3.63, 3.8) is 0 Å². The molecule has 1 aliphatic carbocycles. The number of hydrogen-bond donors (Lipinski definition) is 1. The molecule has 1 saturated heterocycles. The van der Waals surface area contributed by atoms with E-state index in [0.717, 1.165) is 68.4 Å². The van der Waals surface area contributed by atoms with Gasteiger partial charge in [-0.15, -0.1) is 0 Å². The topological polar surface area (TPSA) is 64.6 Å². The Balaban J connectivity index is 1.39. The van der Waals surface area contributed by atoms with E-state index in [0.29, 0.717) is 5.69 Å². The number of aryl methyl sites for hydroxylation is 1. The summed E-state index contributed by atoms with van der Waals surface area (Å²) in [5.41, 5.74) is 2.96. The van der Waals surface area contributed by atoms with Crippen LogP contribution in [0.2, 0.25) is 0 Å². The molecule has 1 amide bonds. The van der Waals surface area contributed by atoms with E-state index in [4.69, 9.17) is 0 Å². The van der Waals surface area contributed by atoms with Gasteiger partial charge in [-0.3, -0.25) is 14.9 Å². The normalized spacial score (nSPS) is 23.1. The lowest BCUT2D eigenvalue weighted by atomic mass is 10.1. The predicted octanol–water partition coefficient (Wildman–Crippen LogP) is 1.54. The summed E-state index contributed by atoms with van der Waals surface area (Å²) in [6.07, 6.45) is 3.14. The van der Waals surface area contributed by atoms with Gasteiger partial charge in [-0.05, 0) is 33.1 Å². The van der Waals surface area contributed by atoms with Crippen LogP contribution in [0.5, 0.6) is 0 Å². The van der Waals surface area contributed by atoms with Gasteiger partial charge in [0.25, 0.3) is 5.91 Å². The van der Waals surface area contributed by atoms with Gasteiger partial charge in [0, 0.05) is 42.2 Å². The maximum atomic E-state index is 12.7. The molecule has 0 bridgehead atoms. The average molecular weight is 333 g/mol. The second kappa shape index (κ2) is 5.54. The zero-order chi connectivity index (χ0) is 16.0. The van der Waals surface area contributed by atoms with Gasteiger partial charge in [-0.2, -0.15) is 5.10 Å². The molecule has 2 aliphatic heterocycles. The summed E-state index contributed by atoms with van der Waals surface area (Å²) in [6.45, 7) is 8.56. The summed E-state index contributed by atoms with van der Waals surface area (Å²) < 4.78 is 0.206. The van der Waals surface area contributed by atoms with Crippen LogP contribution in [0.25, 0.3) is 0 Å². The number of amides is 1. The number of aromatic amines is 1. The third-order valence-corrected chi connectivity index (χ3v) is 6.06. The molecule has 1 fully saturated rings. The number of nitrogens with zero attached hydrogens (tertiary/aromatic N) is 4. The van der Waals surface area contributed by atoms with Gasteiger partial charge in [-0.25, -0.2) is 0 Å². The number of thioether (sulfide) groups is 1. The van der Waals surface area contributed by atoms with Gasteiger partial charge < -0.3 is 9.80 Å². The number of hydrogen-bond acceptors (Lipinski definition) is 5. The maximum absolute atomic E-state index is 12.7. The molecular formula is C16H23N5OS. The first-order valence-corrected chi connectivity index (χ1v) is 9.19. The zero-order valence-corrected chi connectivity index (χ0v) is 14.6. The van der Waals surface area contributed by atoms with Crippen molar-refractivity contribution >= 4 is 22.8 Å². The Hall–Kier alpha value is -1.50. The van der Waals surface area contributed by atoms with Crippen LogP contribution in [0.15, 0.2) is 4.99 Å². The van der Waals surface area contributed by atoms with Crippen LogP contribution in [-0.4, -0.2) is 68.5 Å². The van der Waals surface area contributed by atoms with E-state index in [1.807, 2.05) is 16.7 Å². The number of carbonyl (C=O) groups excluding carboxylic acids is 1. The Kier molecular flexibility index (Phi) is 3.63. The van der Waals surface area contributed by atoms with Crippen molar-refractivity contribution in [1.29, 1.82) is 0 Å². The predicted molar refractivity (Wildman–Crippen MR) is 92.1 cm³/mol. The minimum Gasteiger partial charge on any atom is -0.348 e. The van der Waals surface area contributed by atoms with E-state index in [-0.39, 0.29) is 10.7 Å². The number of amidine groups is 1. The number of nitrogens with one attached hydrogen (secondary N) is 1. The summed E-state index contributed by atoms with van der Waals surface area (Å²) in [5.74, 6) is 0.0883. The number of carbonyl (C=O) groups is 1. The number of H-pyrrole nitrogens is 1. The van der Waals surface area contributed by atoms with Gasteiger partial charge in [0.15, 0.2) is 10.9 Å². The van der Waals surface area contributed by atoms with Gasteiger partial charge in [0.05, 0.1) is 6.54 Å². The van der Waals surface area contributed by atoms with Crippen molar-refractivity contribution in [3.8, 4) is 0 Å². The Labute approximate surface area is 140 Å². The van der Waals surface area contributed by atoms with E-state index in [1.165, 1.54) is 0 Å². The molecule has 3 aliphatic rings. The van der Waals surface area contributed by atoms with Crippen LogP contribution in [0.4, 0.5) is 0 Å². The fourth-order valence-electron chi connectivity index (χ4n) is 3.48. The lowest BCUT2D eigenvalue weighted by Crippen LogP contribution is -2.50. The SMILES string of the molecule is CC1(C)CN=C(N2CCN(C(=O)c3n[nH]c4c3CCC4)CC2)S1. The van der Waals surface area contributed by atoms with Crippen molar-refractivity contribution in [2.24, 2.45) is 4.99 Å². The molecule has 23 heavy (non-hydrogen) atoms. The maximum Gasteiger partial charge on any atom is 0.274 e. The highest BCUT2D eigenvalue weighted by Crippen LogP contribution is 2.33. The standard InChI is InChI=1S/C16H23N5OS/c1-16(2)10-17-15(23-16)21-8-6-20(7-9-21)14(22)13-11-4-3-5-12(11)18-19-13/h3-10H2,1-2H3,(H,18,19). The molecule has 0 radical (unpaired) electrons. The average Bonchev–Trinajstić information content (AvgIpc) is 3.21. The lowest BCUT2D eigenvalue weighted by Gasteiger charge is -2.35. The van der Waals surface area contributed by atoms with E-state index in [2.05, 4.69) is 33.9 Å². The molecular weight excluding hydrogens is 310 g/mol. The van der Waals surface area contributed by atoms with Gasteiger partial charge in [0.1, 0.15) is 0 Å². The summed E-state index contributed by atoms with van der Waals surface area (Å²) in [5, 5.41) is 8.45. The minimum atomic E-state index is 0.0883. The van der Waals surface area contributed by atoms with Crippen molar-refractivity contribution in [2.45, 2.75) is 37.9 Å². The van der Waals surface area contributed by atoms with Gasteiger partial charge in [-0.1, -0.05) is 11.8 Å². The summed E-state index contributed by atoms with van der Waals surface area (Å²) in [4.78, 5) is 21.7. The molecule has 0 spiro atoms. The Morgan fingerprint density at radius 2 is 2.00 bits per heavy atom. The minimum absolute atomic E-state index is 0.0883. The van der Waals surface area contributed by atoms with Crippen LogP contribution in [0.1, 0.15) is 42.0 Å². The molecule has 1 aromatic heterocycles.